The first-order valence-electron chi connectivity index (χ1n) is 5.28. The molecule has 102 valence electrons. The largest absolute Gasteiger partial charge is 0.478 e. The quantitative estimate of drug-likeness (QED) is 0.688. The Bertz CT molecular complexity index is 693. The van der Waals surface area contributed by atoms with Gasteiger partial charge in [0.2, 0.25) is 0 Å². The summed E-state index contributed by atoms with van der Waals surface area (Å²) in [5, 5.41) is 19.7. The number of hydrogen-bond donors (Lipinski definition) is 1. The first kappa shape index (κ1) is 13.9. The van der Waals surface area contributed by atoms with E-state index in [2.05, 4.69) is 4.98 Å². The number of aromatic carboxylic acids is 1. The molecular formula is C12H7FN2O4S. The summed E-state index contributed by atoms with van der Waals surface area (Å²) in [7, 11) is 0. The SMILES string of the molecule is O=C(O)c1cc(Sc2ccncc2[N+](=O)[O-])ccc1F. The summed E-state index contributed by atoms with van der Waals surface area (Å²) in [6.45, 7) is 0. The highest BCUT2D eigenvalue weighted by atomic mass is 32.2. The molecule has 20 heavy (non-hydrogen) atoms. The molecule has 2 rings (SSSR count). The van der Waals surface area contributed by atoms with Gasteiger partial charge in [0.25, 0.3) is 0 Å². The molecule has 0 spiro atoms. The van der Waals surface area contributed by atoms with Crippen LogP contribution in [0, 0.1) is 15.9 Å². The average Bonchev–Trinajstić information content (AvgIpc) is 2.41. The molecular weight excluding hydrogens is 287 g/mol. The zero-order valence-electron chi connectivity index (χ0n) is 9.82. The first-order valence-corrected chi connectivity index (χ1v) is 6.10. The lowest BCUT2D eigenvalue weighted by molar-refractivity contribution is -0.388. The van der Waals surface area contributed by atoms with Crippen LogP contribution in [0.2, 0.25) is 0 Å². The molecule has 0 aliphatic heterocycles. The van der Waals surface area contributed by atoms with Gasteiger partial charge in [0.1, 0.15) is 12.0 Å². The van der Waals surface area contributed by atoms with Crippen LogP contribution in [0.3, 0.4) is 0 Å². The van der Waals surface area contributed by atoms with E-state index >= 15 is 0 Å². The van der Waals surface area contributed by atoms with Gasteiger partial charge in [-0.1, -0.05) is 11.8 Å². The summed E-state index contributed by atoms with van der Waals surface area (Å²) in [6, 6.07) is 4.94. The maximum Gasteiger partial charge on any atom is 0.338 e. The molecule has 6 nitrogen and oxygen atoms in total. The number of halogens is 1. The van der Waals surface area contributed by atoms with Gasteiger partial charge >= 0.3 is 11.7 Å². The van der Waals surface area contributed by atoms with Crippen LogP contribution in [-0.2, 0) is 0 Å². The summed E-state index contributed by atoms with van der Waals surface area (Å²) >= 11 is 0.971. The van der Waals surface area contributed by atoms with Gasteiger partial charge in [-0.2, -0.15) is 0 Å². The standard InChI is InChI=1S/C12H7FN2O4S/c13-9-2-1-7(5-8(9)12(16)17)20-11-3-4-14-6-10(11)15(18)19/h1-6H,(H,16,17). The number of carbonyl (C=O) groups is 1. The van der Waals surface area contributed by atoms with Gasteiger partial charge in [0.05, 0.1) is 15.4 Å². The average molecular weight is 294 g/mol. The van der Waals surface area contributed by atoms with Crippen molar-refractivity contribution in [2.24, 2.45) is 0 Å². The molecule has 2 aromatic rings. The second-order valence-electron chi connectivity index (χ2n) is 3.65. The van der Waals surface area contributed by atoms with Crippen molar-refractivity contribution in [1.29, 1.82) is 0 Å². The predicted molar refractivity (Wildman–Crippen MR) is 68.4 cm³/mol. The molecule has 0 unspecified atom stereocenters. The highest BCUT2D eigenvalue weighted by molar-refractivity contribution is 7.99. The third-order valence-corrected chi connectivity index (χ3v) is 3.41. The number of hydrogen-bond acceptors (Lipinski definition) is 5. The van der Waals surface area contributed by atoms with Gasteiger partial charge in [-0.25, -0.2) is 9.18 Å². The molecule has 0 atom stereocenters. The number of carboxylic acids is 1. The van der Waals surface area contributed by atoms with Crippen LogP contribution in [0.1, 0.15) is 10.4 Å². The van der Waals surface area contributed by atoms with Crippen LogP contribution in [0.15, 0.2) is 46.5 Å². The van der Waals surface area contributed by atoms with Crippen molar-refractivity contribution < 1.29 is 19.2 Å². The minimum absolute atomic E-state index is 0.196. The zero-order valence-corrected chi connectivity index (χ0v) is 10.6. The van der Waals surface area contributed by atoms with E-state index in [0.717, 1.165) is 30.1 Å². The number of benzene rings is 1. The summed E-state index contributed by atoms with van der Waals surface area (Å²) in [6.07, 6.45) is 2.49. The van der Waals surface area contributed by atoms with E-state index in [1.807, 2.05) is 0 Å². The Kier molecular flexibility index (Phi) is 3.94. The van der Waals surface area contributed by atoms with Crippen LogP contribution in [0.5, 0.6) is 0 Å². The molecule has 8 heteroatoms. The third kappa shape index (κ3) is 2.91. The predicted octanol–water partition coefficient (Wildman–Crippen LogP) is 2.98. The van der Waals surface area contributed by atoms with Crippen molar-refractivity contribution in [3.8, 4) is 0 Å². The maximum absolute atomic E-state index is 13.3. The zero-order chi connectivity index (χ0) is 14.7. The van der Waals surface area contributed by atoms with Crippen LogP contribution in [0.4, 0.5) is 10.1 Å². The number of aromatic nitrogens is 1. The molecule has 0 amide bonds. The third-order valence-electron chi connectivity index (χ3n) is 2.35. The Morgan fingerprint density at radius 2 is 2.15 bits per heavy atom. The molecule has 0 fully saturated rings. The topological polar surface area (TPSA) is 93.3 Å². The Morgan fingerprint density at radius 1 is 1.40 bits per heavy atom. The lowest BCUT2D eigenvalue weighted by Gasteiger charge is -2.04. The summed E-state index contributed by atoms with van der Waals surface area (Å²) in [5.41, 5.74) is -0.676. The Balaban J connectivity index is 2.38. The van der Waals surface area contributed by atoms with E-state index in [9.17, 15) is 19.3 Å². The molecule has 1 aromatic heterocycles. The Labute approximate surface area is 116 Å². The molecule has 0 radical (unpaired) electrons. The van der Waals surface area contributed by atoms with Gasteiger partial charge < -0.3 is 5.11 Å². The monoisotopic (exact) mass is 294 g/mol. The van der Waals surface area contributed by atoms with E-state index in [4.69, 9.17) is 5.11 Å². The highest BCUT2D eigenvalue weighted by Crippen LogP contribution is 2.34. The lowest BCUT2D eigenvalue weighted by Crippen LogP contribution is -2.00. The summed E-state index contributed by atoms with van der Waals surface area (Å²) in [5.74, 6) is -2.25. The minimum atomic E-state index is -1.39. The van der Waals surface area contributed by atoms with Crippen molar-refractivity contribution in [3.05, 3.63) is 58.2 Å². The van der Waals surface area contributed by atoms with Gasteiger partial charge in [-0.05, 0) is 24.3 Å². The van der Waals surface area contributed by atoms with Gasteiger partial charge in [-0.3, -0.25) is 15.1 Å². The maximum atomic E-state index is 13.3. The number of rotatable bonds is 4. The highest BCUT2D eigenvalue weighted by Gasteiger charge is 2.16. The van der Waals surface area contributed by atoms with Crippen molar-refractivity contribution >= 4 is 23.4 Å². The molecule has 0 saturated carbocycles. The normalized spacial score (nSPS) is 10.2. The fraction of sp³-hybridized carbons (Fsp3) is 0. The van der Waals surface area contributed by atoms with Gasteiger partial charge in [-0.15, -0.1) is 0 Å². The van der Waals surface area contributed by atoms with Crippen LogP contribution in [0.25, 0.3) is 0 Å². The van der Waals surface area contributed by atoms with E-state index < -0.39 is 22.3 Å². The van der Waals surface area contributed by atoms with Gasteiger partial charge in [0.15, 0.2) is 0 Å². The number of nitrogens with zero attached hydrogens (tertiary/aromatic N) is 2. The van der Waals surface area contributed by atoms with Crippen LogP contribution < -0.4 is 0 Å². The fourth-order valence-corrected chi connectivity index (χ4v) is 2.38. The van der Waals surface area contributed by atoms with E-state index in [0.29, 0.717) is 9.79 Å². The number of nitro groups is 1. The number of pyridine rings is 1. The van der Waals surface area contributed by atoms with E-state index in [1.54, 1.807) is 0 Å². The second kappa shape index (κ2) is 5.66. The first-order chi connectivity index (χ1) is 9.49. The van der Waals surface area contributed by atoms with Crippen LogP contribution in [-0.4, -0.2) is 21.0 Å². The van der Waals surface area contributed by atoms with Crippen molar-refractivity contribution in [2.45, 2.75) is 9.79 Å². The molecule has 0 aliphatic rings. The summed E-state index contributed by atoms with van der Waals surface area (Å²) < 4.78 is 13.3. The van der Waals surface area contributed by atoms with Crippen molar-refractivity contribution in [3.63, 3.8) is 0 Å². The molecule has 1 heterocycles. The van der Waals surface area contributed by atoms with Crippen molar-refractivity contribution in [1.82, 2.24) is 4.98 Å². The second-order valence-corrected chi connectivity index (χ2v) is 4.76. The Hall–Kier alpha value is -2.48. The van der Waals surface area contributed by atoms with Crippen LogP contribution >= 0.6 is 11.8 Å². The molecule has 1 N–H and O–H groups in total. The number of carboxylic acid groups (broad SMARTS) is 1. The molecule has 1 aromatic carbocycles. The lowest BCUT2D eigenvalue weighted by atomic mass is 10.2. The molecule has 0 bridgehead atoms. The smallest absolute Gasteiger partial charge is 0.338 e. The van der Waals surface area contributed by atoms with E-state index in [-0.39, 0.29) is 5.69 Å². The Morgan fingerprint density at radius 3 is 2.80 bits per heavy atom. The van der Waals surface area contributed by atoms with Crippen molar-refractivity contribution in [2.75, 3.05) is 0 Å². The van der Waals surface area contributed by atoms with Gasteiger partial charge in [0, 0.05) is 11.1 Å². The summed E-state index contributed by atoms with van der Waals surface area (Å²) in [4.78, 5) is 25.4. The van der Waals surface area contributed by atoms with E-state index in [1.165, 1.54) is 18.3 Å². The molecule has 0 saturated heterocycles. The fourth-order valence-electron chi connectivity index (χ4n) is 1.46. The minimum Gasteiger partial charge on any atom is -0.478 e. The molecule has 0 aliphatic carbocycles.